The summed E-state index contributed by atoms with van der Waals surface area (Å²) >= 11 is 0. The number of rotatable bonds is 2. The second-order valence-electron chi connectivity index (χ2n) is 6.76. The van der Waals surface area contributed by atoms with Gasteiger partial charge in [0.25, 0.3) is 0 Å². The van der Waals surface area contributed by atoms with E-state index in [2.05, 4.69) is 41.3 Å². The predicted molar refractivity (Wildman–Crippen MR) is 88.8 cm³/mol. The van der Waals surface area contributed by atoms with Crippen LogP contribution in [0.3, 0.4) is 0 Å². The molecule has 4 rings (SSSR count). The molecule has 1 aliphatic heterocycles. The number of nitrogens with zero attached hydrogens (tertiary/aromatic N) is 1. The minimum atomic E-state index is -0.636. The fraction of sp³-hybridized carbons (Fsp3) is 0.400. The van der Waals surface area contributed by atoms with Gasteiger partial charge in [-0.3, -0.25) is 4.90 Å². The molecule has 0 amide bonds. The second kappa shape index (κ2) is 5.53. The molecule has 0 unspecified atom stereocenters. The molecule has 0 spiro atoms. The zero-order valence-electron chi connectivity index (χ0n) is 12.9. The van der Waals surface area contributed by atoms with Gasteiger partial charge in [-0.1, -0.05) is 54.6 Å². The summed E-state index contributed by atoms with van der Waals surface area (Å²) < 4.78 is 0. The highest BCUT2D eigenvalue weighted by Crippen LogP contribution is 2.35. The van der Waals surface area contributed by atoms with Crippen LogP contribution in [0.2, 0.25) is 0 Å². The molecule has 2 heteroatoms. The molecular weight excluding hydrogens is 270 g/mol. The average molecular weight is 293 g/mol. The Morgan fingerprint density at radius 1 is 0.818 bits per heavy atom. The van der Waals surface area contributed by atoms with Crippen LogP contribution < -0.4 is 0 Å². The van der Waals surface area contributed by atoms with Gasteiger partial charge >= 0.3 is 0 Å². The molecule has 2 aromatic carbocycles. The van der Waals surface area contributed by atoms with Gasteiger partial charge in [0.2, 0.25) is 0 Å². The molecule has 1 N–H and O–H groups in total. The van der Waals surface area contributed by atoms with Crippen molar-refractivity contribution in [2.75, 3.05) is 13.1 Å². The topological polar surface area (TPSA) is 23.5 Å². The average Bonchev–Trinajstić information content (AvgIpc) is 3.00. The smallest absolute Gasteiger partial charge is 0.0920 e. The monoisotopic (exact) mass is 293 g/mol. The van der Waals surface area contributed by atoms with Gasteiger partial charge in [0, 0.05) is 19.1 Å². The van der Waals surface area contributed by atoms with Gasteiger partial charge < -0.3 is 5.11 Å². The number of piperidine rings is 1. The SMILES string of the molecule is OC1(c2ccccc2)CCN(C2Cc3ccccc3C2)CC1. The van der Waals surface area contributed by atoms with E-state index in [1.54, 1.807) is 0 Å². The van der Waals surface area contributed by atoms with Gasteiger partial charge in [0.1, 0.15) is 0 Å². The number of benzene rings is 2. The maximum Gasteiger partial charge on any atom is 0.0920 e. The zero-order valence-corrected chi connectivity index (χ0v) is 12.9. The van der Waals surface area contributed by atoms with Crippen LogP contribution in [0.15, 0.2) is 54.6 Å². The summed E-state index contributed by atoms with van der Waals surface area (Å²) in [5.41, 5.74) is 3.46. The highest BCUT2D eigenvalue weighted by atomic mass is 16.3. The van der Waals surface area contributed by atoms with Crippen molar-refractivity contribution in [3.63, 3.8) is 0 Å². The Bertz CT molecular complexity index is 619. The van der Waals surface area contributed by atoms with Crippen LogP contribution in [0.1, 0.15) is 29.5 Å². The Morgan fingerprint density at radius 3 is 1.95 bits per heavy atom. The minimum Gasteiger partial charge on any atom is -0.385 e. The molecule has 2 aliphatic rings. The summed E-state index contributed by atoms with van der Waals surface area (Å²) in [7, 11) is 0. The molecule has 0 aromatic heterocycles. The molecule has 2 nitrogen and oxygen atoms in total. The Labute approximate surface area is 132 Å². The Kier molecular flexibility index (Phi) is 3.51. The van der Waals surface area contributed by atoms with E-state index in [4.69, 9.17) is 0 Å². The van der Waals surface area contributed by atoms with Crippen LogP contribution in [0, 0.1) is 0 Å². The van der Waals surface area contributed by atoms with Gasteiger partial charge in [-0.25, -0.2) is 0 Å². The van der Waals surface area contributed by atoms with E-state index in [0.717, 1.165) is 31.5 Å². The van der Waals surface area contributed by atoms with E-state index in [1.807, 2.05) is 18.2 Å². The Balaban J connectivity index is 1.43. The standard InChI is InChI=1S/C20H23NO/c22-20(18-8-2-1-3-9-18)10-12-21(13-11-20)19-14-16-6-4-5-7-17(16)15-19/h1-9,19,22H,10-15H2. The largest absolute Gasteiger partial charge is 0.385 e. The van der Waals surface area contributed by atoms with Gasteiger partial charge in [-0.15, -0.1) is 0 Å². The van der Waals surface area contributed by atoms with Crippen molar-refractivity contribution in [2.24, 2.45) is 0 Å². The highest BCUT2D eigenvalue weighted by molar-refractivity contribution is 5.33. The van der Waals surface area contributed by atoms with Gasteiger partial charge in [-0.2, -0.15) is 0 Å². The first-order valence-corrected chi connectivity index (χ1v) is 8.33. The van der Waals surface area contributed by atoms with E-state index >= 15 is 0 Å². The normalized spacial score (nSPS) is 21.7. The third-order valence-corrected chi connectivity index (χ3v) is 5.48. The lowest BCUT2D eigenvalue weighted by Gasteiger charge is -2.41. The Morgan fingerprint density at radius 2 is 1.36 bits per heavy atom. The highest BCUT2D eigenvalue weighted by Gasteiger charge is 2.37. The Hall–Kier alpha value is -1.64. The summed E-state index contributed by atoms with van der Waals surface area (Å²) in [5.74, 6) is 0. The summed E-state index contributed by atoms with van der Waals surface area (Å²) in [4.78, 5) is 2.58. The molecule has 1 aliphatic carbocycles. The van der Waals surface area contributed by atoms with Crippen molar-refractivity contribution in [3.8, 4) is 0 Å². The molecule has 22 heavy (non-hydrogen) atoms. The minimum absolute atomic E-state index is 0.623. The number of hydrogen-bond acceptors (Lipinski definition) is 2. The van der Waals surface area contributed by atoms with E-state index in [-0.39, 0.29) is 0 Å². The van der Waals surface area contributed by atoms with Crippen LogP contribution in [0.5, 0.6) is 0 Å². The zero-order chi connectivity index (χ0) is 15.0. The first-order valence-electron chi connectivity index (χ1n) is 8.33. The number of aliphatic hydroxyl groups is 1. The molecule has 0 bridgehead atoms. The summed E-state index contributed by atoms with van der Waals surface area (Å²) in [6.45, 7) is 1.98. The maximum atomic E-state index is 11.0. The quantitative estimate of drug-likeness (QED) is 0.919. The van der Waals surface area contributed by atoms with Crippen molar-refractivity contribution in [1.82, 2.24) is 4.90 Å². The second-order valence-corrected chi connectivity index (χ2v) is 6.76. The van der Waals surface area contributed by atoms with Crippen LogP contribution >= 0.6 is 0 Å². The van der Waals surface area contributed by atoms with Crippen LogP contribution in [0.25, 0.3) is 0 Å². The van der Waals surface area contributed by atoms with E-state index < -0.39 is 5.60 Å². The number of fused-ring (bicyclic) bond motifs is 1. The van der Waals surface area contributed by atoms with E-state index in [1.165, 1.54) is 24.0 Å². The molecule has 2 aromatic rings. The third kappa shape index (κ3) is 2.47. The summed E-state index contributed by atoms with van der Waals surface area (Å²) in [5, 5.41) is 11.0. The van der Waals surface area contributed by atoms with Crippen molar-refractivity contribution in [1.29, 1.82) is 0 Å². The summed E-state index contributed by atoms with van der Waals surface area (Å²) in [6.07, 6.45) is 4.01. The van der Waals surface area contributed by atoms with E-state index in [0.29, 0.717) is 6.04 Å². The first-order chi connectivity index (χ1) is 10.7. The van der Waals surface area contributed by atoms with Crippen molar-refractivity contribution < 1.29 is 5.11 Å². The molecule has 0 saturated carbocycles. The summed E-state index contributed by atoms with van der Waals surface area (Å²) in [6, 6.07) is 19.6. The van der Waals surface area contributed by atoms with Crippen molar-refractivity contribution in [3.05, 3.63) is 71.3 Å². The van der Waals surface area contributed by atoms with E-state index in [9.17, 15) is 5.11 Å². The molecule has 1 heterocycles. The first kappa shape index (κ1) is 14.0. The van der Waals surface area contributed by atoms with Crippen LogP contribution in [0.4, 0.5) is 0 Å². The number of likely N-dealkylation sites (tertiary alicyclic amines) is 1. The fourth-order valence-corrected chi connectivity index (χ4v) is 4.09. The fourth-order valence-electron chi connectivity index (χ4n) is 4.09. The van der Waals surface area contributed by atoms with Crippen LogP contribution in [-0.2, 0) is 18.4 Å². The molecule has 1 saturated heterocycles. The van der Waals surface area contributed by atoms with Gasteiger partial charge in [0.05, 0.1) is 5.60 Å². The predicted octanol–water partition coefficient (Wildman–Crippen LogP) is 3.14. The lowest BCUT2D eigenvalue weighted by atomic mass is 9.84. The van der Waals surface area contributed by atoms with Crippen LogP contribution in [-0.4, -0.2) is 29.1 Å². The van der Waals surface area contributed by atoms with Crippen molar-refractivity contribution in [2.45, 2.75) is 37.3 Å². The van der Waals surface area contributed by atoms with Crippen molar-refractivity contribution >= 4 is 0 Å². The van der Waals surface area contributed by atoms with Gasteiger partial charge in [-0.05, 0) is 42.4 Å². The molecule has 0 atom stereocenters. The molecule has 1 fully saturated rings. The molecule has 0 radical (unpaired) electrons. The number of hydrogen-bond donors (Lipinski definition) is 1. The lowest BCUT2D eigenvalue weighted by Crippen LogP contribution is -2.47. The van der Waals surface area contributed by atoms with Gasteiger partial charge in [0.15, 0.2) is 0 Å². The molecule has 114 valence electrons. The third-order valence-electron chi connectivity index (χ3n) is 5.48. The lowest BCUT2D eigenvalue weighted by molar-refractivity contribution is -0.0347. The molecular formula is C20H23NO. The maximum absolute atomic E-state index is 11.0.